The second-order valence-electron chi connectivity index (χ2n) is 7.22. The molecule has 34 heavy (non-hydrogen) atoms. The van der Waals surface area contributed by atoms with Crippen molar-refractivity contribution in [1.29, 1.82) is 0 Å². The normalized spacial score (nSPS) is 13.9. The fourth-order valence-corrected chi connectivity index (χ4v) is 3.95. The molecule has 0 aliphatic carbocycles. The average molecular weight is 490 g/mol. The van der Waals surface area contributed by atoms with Crippen molar-refractivity contribution in [3.8, 4) is 11.4 Å². The number of amides is 3. The van der Waals surface area contributed by atoms with Gasteiger partial charge in [-0.25, -0.2) is 4.68 Å². The van der Waals surface area contributed by atoms with E-state index in [4.69, 9.17) is 4.74 Å². The zero-order valence-corrected chi connectivity index (χ0v) is 18.4. The number of ether oxygens (including phenoxy) is 1. The zero-order chi connectivity index (χ0) is 24.5. The smallest absolute Gasteiger partial charge is 0.416 e. The van der Waals surface area contributed by atoms with Crippen molar-refractivity contribution in [2.24, 2.45) is 0 Å². The standard InChI is InChI=1S/C22H17F3N4O4S/c1-33-17-11-29(16-4-2-3-14(9-16)22(23,24)25)27-19(17)20(31)26-15-7-5-13(6-8-15)10-28-18(30)12-34-21(28)32/h2-9,11H,10,12H2,1H3,(H,26,31). The van der Waals surface area contributed by atoms with E-state index in [9.17, 15) is 27.6 Å². The van der Waals surface area contributed by atoms with Gasteiger partial charge in [-0.2, -0.15) is 18.3 Å². The van der Waals surface area contributed by atoms with E-state index in [1.54, 1.807) is 24.3 Å². The van der Waals surface area contributed by atoms with Gasteiger partial charge in [-0.3, -0.25) is 19.3 Å². The number of alkyl halides is 3. The van der Waals surface area contributed by atoms with Crippen LogP contribution in [0.15, 0.2) is 54.7 Å². The van der Waals surface area contributed by atoms with Crippen molar-refractivity contribution in [2.45, 2.75) is 12.7 Å². The number of imide groups is 1. The van der Waals surface area contributed by atoms with Crippen LogP contribution in [0.3, 0.4) is 0 Å². The van der Waals surface area contributed by atoms with Crippen LogP contribution in [-0.2, 0) is 17.5 Å². The molecule has 1 aromatic heterocycles. The van der Waals surface area contributed by atoms with Crippen molar-refractivity contribution in [2.75, 3.05) is 18.2 Å². The van der Waals surface area contributed by atoms with Crippen LogP contribution in [0.25, 0.3) is 5.69 Å². The van der Waals surface area contributed by atoms with Gasteiger partial charge in [0.1, 0.15) is 0 Å². The molecule has 12 heteroatoms. The van der Waals surface area contributed by atoms with E-state index < -0.39 is 17.6 Å². The molecular weight excluding hydrogens is 473 g/mol. The molecule has 2 aromatic carbocycles. The average Bonchev–Trinajstić information content (AvgIpc) is 3.39. The SMILES string of the molecule is COc1cn(-c2cccc(C(F)(F)F)c2)nc1C(=O)Nc1ccc(CN2C(=O)CSC2=O)cc1. The first-order valence-electron chi connectivity index (χ1n) is 9.84. The Morgan fingerprint density at radius 3 is 2.53 bits per heavy atom. The lowest BCUT2D eigenvalue weighted by Crippen LogP contribution is -2.27. The third-order valence-electron chi connectivity index (χ3n) is 4.95. The highest BCUT2D eigenvalue weighted by molar-refractivity contribution is 8.14. The number of halogens is 3. The first kappa shape index (κ1) is 23.4. The van der Waals surface area contributed by atoms with Crippen LogP contribution in [-0.4, -0.2) is 44.6 Å². The summed E-state index contributed by atoms with van der Waals surface area (Å²) in [4.78, 5) is 37.4. The third-order valence-corrected chi connectivity index (χ3v) is 5.81. The van der Waals surface area contributed by atoms with Crippen molar-refractivity contribution in [3.05, 3.63) is 71.5 Å². The Kier molecular flexibility index (Phi) is 6.33. The number of carbonyl (C=O) groups excluding carboxylic acids is 3. The van der Waals surface area contributed by atoms with Gasteiger partial charge in [-0.05, 0) is 35.9 Å². The highest BCUT2D eigenvalue weighted by atomic mass is 32.2. The van der Waals surface area contributed by atoms with E-state index in [1.807, 2.05) is 0 Å². The highest BCUT2D eigenvalue weighted by Gasteiger charge is 2.31. The van der Waals surface area contributed by atoms with Crippen LogP contribution >= 0.6 is 11.8 Å². The maximum Gasteiger partial charge on any atom is 0.416 e. The summed E-state index contributed by atoms with van der Waals surface area (Å²) < 4.78 is 45.4. The molecular formula is C22H17F3N4O4S. The highest BCUT2D eigenvalue weighted by Crippen LogP contribution is 2.31. The molecule has 1 fully saturated rings. The fraction of sp³-hybridized carbons (Fsp3) is 0.182. The summed E-state index contributed by atoms with van der Waals surface area (Å²) in [5.74, 6) is -0.676. The molecule has 2 heterocycles. The number of hydrogen-bond donors (Lipinski definition) is 1. The van der Waals surface area contributed by atoms with E-state index in [0.29, 0.717) is 11.3 Å². The summed E-state index contributed by atoms with van der Waals surface area (Å²) >= 11 is 0.952. The van der Waals surface area contributed by atoms with Gasteiger partial charge < -0.3 is 10.1 Å². The number of aromatic nitrogens is 2. The molecule has 1 aliphatic heterocycles. The van der Waals surface area contributed by atoms with Gasteiger partial charge in [0, 0.05) is 5.69 Å². The molecule has 1 aliphatic rings. The van der Waals surface area contributed by atoms with E-state index in [1.165, 1.54) is 25.4 Å². The van der Waals surface area contributed by atoms with Gasteiger partial charge >= 0.3 is 6.18 Å². The second kappa shape index (κ2) is 9.21. The van der Waals surface area contributed by atoms with Crippen LogP contribution in [0.5, 0.6) is 5.75 Å². The van der Waals surface area contributed by atoms with Gasteiger partial charge in [0.15, 0.2) is 11.4 Å². The topological polar surface area (TPSA) is 93.5 Å². The number of rotatable bonds is 6. The minimum absolute atomic E-state index is 0.0788. The predicted octanol–water partition coefficient (Wildman–Crippen LogP) is 4.35. The number of benzene rings is 2. The number of methoxy groups -OCH3 is 1. The third kappa shape index (κ3) is 4.91. The van der Waals surface area contributed by atoms with Gasteiger partial charge in [0.05, 0.1) is 36.9 Å². The zero-order valence-electron chi connectivity index (χ0n) is 17.6. The van der Waals surface area contributed by atoms with Crippen molar-refractivity contribution in [1.82, 2.24) is 14.7 Å². The van der Waals surface area contributed by atoms with E-state index in [2.05, 4.69) is 10.4 Å². The lowest BCUT2D eigenvalue weighted by molar-refractivity contribution is -0.137. The quantitative estimate of drug-likeness (QED) is 0.552. The number of anilines is 1. The van der Waals surface area contributed by atoms with E-state index in [-0.39, 0.29) is 40.6 Å². The number of nitrogens with one attached hydrogen (secondary N) is 1. The van der Waals surface area contributed by atoms with Crippen LogP contribution in [0.4, 0.5) is 23.7 Å². The Morgan fingerprint density at radius 2 is 1.91 bits per heavy atom. The first-order valence-corrected chi connectivity index (χ1v) is 10.8. The maximum absolute atomic E-state index is 13.0. The summed E-state index contributed by atoms with van der Waals surface area (Å²) in [6, 6.07) is 11.1. The van der Waals surface area contributed by atoms with Crippen molar-refractivity contribution >= 4 is 34.5 Å². The molecule has 4 rings (SSSR count). The van der Waals surface area contributed by atoms with Gasteiger partial charge in [-0.15, -0.1) is 0 Å². The largest absolute Gasteiger partial charge is 0.493 e. The lowest BCUT2D eigenvalue weighted by Gasteiger charge is -2.13. The van der Waals surface area contributed by atoms with Crippen LogP contribution < -0.4 is 10.1 Å². The Morgan fingerprint density at radius 1 is 1.18 bits per heavy atom. The molecule has 176 valence electrons. The fourth-order valence-electron chi connectivity index (χ4n) is 3.22. The Hall–Kier alpha value is -3.80. The number of nitrogens with zero attached hydrogens (tertiary/aromatic N) is 3. The Labute approximate surface area is 195 Å². The molecule has 1 saturated heterocycles. The summed E-state index contributed by atoms with van der Waals surface area (Å²) in [6.45, 7) is 0.133. The van der Waals surface area contributed by atoms with Crippen molar-refractivity contribution < 1.29 is 32.3 Å². The van der Waals surface area contributed by atoms with Crippen LogP contribution in [0, 0.1) is 0 Å². The van der Waals surface area contributed by atoms with Gasteiger partial charge in [-0.1, -0.05) is 30.0 Å². The maximum atomic E-state index is 13.0. The molecule has 0 atom stereocenters. The molecule has 8 nitrogen and oxygen atoms in total. The number of hydrogen-bond acceptors (Lipinski definition) is 6. The summed E-state index contributed by atoms with van der Waals surface area (Å²) in [6.07, 6.45) is -3.20. The van der Waals surface area contributed by atoms with Gasteiger partial charge in [0.25, 0.3) is 11.1 Å². The molecule has 0 bridgehead atoms. The monoisotopic (exact) mass is 490 g/mol. The lowest BCUT2D eigenvalue weighted by atomic mass is 10.2. The number of carbonyl (C=O) groups is 3. The van der Waals surface area contributed by atoms with Crippen molar-refractivity contribution in [3.63, 3.8) is 0 Å². The van der Waals surface area contributed by atoms with Crippen LogP contribution in [0.2, 0.25) is 0 Å². The Bertz CT molecular complexity index is 1240. The minimum Gasteiger partial charge on any atom is -0.493 e. The van der Waals surface area contributed by atoms with Gasteiger partial charge in [0.2, 0.25) is 5.91 Å². The van der Waals surface area contributed by atoms with E-state index >= 15 is 0 Å². The second-order valence-corrected chi connectivity index (χ2v) is 8.15. The summed E-state index contributed by atoms with van der Waals surface area (Å²) in [5.41, 5.74) is 0.267. The van der Waals surface area contributed by atoms with E-state index in [0.717, 1.165) is 33.5 Å². The number of thioether (sulfide) groups is 1. The molecule has 0 unspecified atom stereocenters. The Balaban J connectivity index is 1.50. The summed E-state index contributed by atoms with van der Waals surface area (Å²) in [5, 5.41) is 6.45. The molecule has 3 amide bonds. The summed E-state index contributed by atoms with van der Waals surface area (Å²) in [7, 11) is 1.32. The van der Waals surface area contributed by atoms with Crippen LogP contribution in [0.1, 0.15) is 21.6 Å². The molecule has 0 radical (unpaired) electrons. The predicted molar refractivity (Wildman–Crippen MR) is 118 cm³/mol. The molecule has 1 N–H and O–H groups in total. The molecule has 0 saturated carbocycles. The first-order chi connectivity index (χ1) is 16.2. The molecule has 3 aromatic rings. The molecule has 0 spiro atoms. The minimum atomic E-state index is -4.52.